The normalized spacial score (nSPS) is 13.7. The smallest absolute Gasteiger partial charge is 0.265 e. The Balaban J connectivity index is 2.81. The van der Waals surface area contributed by atoms with Gasteiger partial charge >= 0.3 is 17.3 Å². The summed E-state index contributed by atoms with van der Waals surface area (Å²) in [7, 11) is 1.38. The zero-order valence-corrected chi connectivity index (χ0v) is 10.8. The lowest BCUT2D eigenvalue weighted by molar-refractivity contribution is -0.122. The SMILES string of the molecule is Cn1[nH]c(=O)c(=O)nc1SCC(Br)C(F)(F)F. The van der Waals surface area contributed by atoms with Gasteiger partial charge in [-0.2, -0.15) is 18.2 Å². The van der Waals surface area contributed by atoms with Gasteiger partial charge in [0.2, 0.25) is 0 Å². The summed E-state index contributed by atoms with van der Waals surface area (Å²) >= 11 is 3.20. The predicted molar refractivity (Wildman–Crippen MR) is 59.6 cm³/mol. The van der Waals surface area contributed by atoms with Crippen molar-refractivity contribution in [2.24, 2.45) is 7.05 Å². The van der Waals surface area contributed by atoms with Gasteiger partial charge in [0.05, 0.1) is 0 Å². The molecular weight excluding hydrogens is 327 g/mol. The Morgan fingerprint density at radius 2 is 2.12 bits per heavy atom. The average Bonchev–Trinajstić information content (AvgIpc) is 2.19. The van der Waals surface area contributed by atoms with Gasteiger partial charge in [-0.25, -0.2) is 0 Å². The topological polar surface area (TPSA) is 67.8 Å². The van der Waals surface area contributed by atoms with E-state index in [0.29, 0.717) is 0 Å². The van der Waals surface area contributed by atoms with Gasteiger partial charge in [-0.1, -0.05) is 27.7 Å². The Morgan fingerprint density at radius 1 is 1.53 bits per heavy atom. The van der Waals surface area contributed by atoms with Crippen LogP contribution in [0.15, 0.2) is 14.7 Å². The van der Waals surface area contributed by atoms with Crippen molar-refractivity contribution in [3.05, 3.63) is 20.7 Å². The van der Waals surface area contributed by atoms with Crippen molar-refractivity contribution in [2.75, 3.05) is 5.75 Å². The highest BCUT2D eigenvalue weighted by Crippen LogP contribution is 2.30. The van der Waals surface area contributed by atoms with Gasteiger partial charge in [0.1, 0.15) is 4.83 Å². The first-order chi connectivity index (χ1) is 7.71. The third kappa shape index (κ3) is 3.87. The van der Waals surface area contributed by atoms with Gasteiger partial charge in [0.25, 0.3) is 0 Å². The summed E-state index contributed by atoms with van der Waals surface area (Å²) < 4.78 is 37.7. The molecule has 1 rings (SSSR count). The second kappa shape index (κ2) is 5.25. The molecule has 1 N–H and O–H groups in total. The highest BCUT2D eigenvalue weighted by atomic mass is 79.9. The van der Waals surface area contributed by atoms with E-state index in [1.807, 2.05) is 0 Å². The first kappa shape index (κ1) is 14.3. The van der Waals surface area contributed by atoms with E-state index >= 15 is 0 Å². The third-order valence-electron chi connectivity index (χ3n) is 1.66. The van der Waals surface area contributed by atoms with Crippen molar-refractivity contribution in [3.63, 3.8) is 0 Å². The molecular formula is C7H7BrF3N3O2S. The molecule has 1 heterocycles. The van der Waals surface area contributed by atoms with Gasteiger partial charge in [0.15, 0.2) is 5.16 Å². The van der Waals surface area contributed by atoms with Gasteiger partial charge in [0, 0.05) is 12.8 Å². The van der Waals surface area contributed by atoms with Crippen LogP contribution in [0.25, 0.3) is 0 Å². The molecule has 0 saturated carbocycles. The molecule has 10 heteroatoms. The molecule has 0 aliphatic carbocycles. The van der Waals surface area contributed by atoms with Crippen molar-refractivity contribution in [1.29, 1.82) is 0 Å². The molecule has 0 fully saturated rings. The molecule has 0 aliphatic heterocycles. The van der Waals surface area contributed by atoms with Crippen molar-refractivity contribution >= 4 is 27.7 Å². The number of rotatable bonds is 3. The molecule has 0 aliphatic rings. The number of hydrogen-bond acceptors (Lipinski definition) is 4. The van der Waals surface area contributed by atoms with E-state index < -0.39 is 22.1 Å². The van der Waals surface area contributed by atoms with E-state index in [2.05, 4.69) is 26.0 Å². The number of aryl methyl sites for hydroxylation is 1. The van der Waals surface area contributed by atoms with Gasteiger partial charge in [-0.15, -0.1) is 0 Å². The minimum atomic E-state index is -4.37. The predicted octanol–water partition coefficient (Wildman–Crippen LogP) is 0.886. The molecule has 5 nitrogen and oxygen atoms in total. The Morgan fingerprint density at radius 3 is 2.65 bits per heavy atom. The first-order valence-electron chi connectivity index (χ1n) is 4.22. The molecule has 0 saturated heterocycles. The summed E-state index contributed by atoms with van der Waals surface area (Å²) in [5, 5.41) is 2.16. The first-order valence-corrected chi connectivity index (χ1v) is 6.13. The van der Waals surface area contributed by atoms with Crippen LogP contribution < -0.4 is 11.1 Å². The molecule has 0 spiro atoms. The highest BCUT2D eigenvalue weighted by molar-refractivity contribution is 9.09. The number of nitrogens with zero attached hydrogens (tertiary/aromatic N) is 2. The van der Waals surface area contributed by atoms with Gasteiger partial charge in [-0.05, 0) is 0 Å². The number of halogens is 4. The van der Waals surface area contributed by atoms with Crippen LogP contribution in [0.1, 0.15) is 0 Å². The molecule has 17 heavy (non-hydrogen) atoms. The lowest BCUT2D eigenvalue weighted by atomic mass is 10.5. The van der Waals surface area contributed by atoms with Crippen LogP contribution in [-0.4, -0.2) is 31.5 Å². The van der Waals surface area contributed by atoms with Crippen LogP contribution in [0.4, 0.5) is 13.2 Å². The average molecular weight is 334 g/mol. The number of hydrogen-bond donors (Lipinski definition) is 1. The standard InChI is InChI=1S/C7H7BrF3N3O2S/c1-14-6(12-4(15)5(16)13-14)17-2-3(8)7(9,10)11/h3H,2H2,1H3,(H,13,16). The fourth-order valence-electron chi connectivity index (χ4n) is 0.832. The fraction of sp³-hybridized carbons (Fsp3) is 0.571. The molecule has 96 valence electrons. The quantitative estimate of drug-likeness (QED) is 0.506. The summed E-state index contributed by atoms with van der Waals surface area (Å²) in [5.41, 5.74) is -1.94. The lowest BCUT2D eigenvalue weighted by Crippen LogP contribution is -2.34. The summed E-state index contributed by atoms with van der Waals surface area (Å²) in [6.07, 6.45) is -4.37. The highest BCUT2D eigenvalue weighted by Gasteiger charge is 2.37. The molecule has 1 aromatic rings. The van der Waals surface area contributed by atoms with Gasteiger partial charge in [-0.3, -0.25) is 19.4 Å². The molecule has 0 amide bonds. The Labute approximate surface area is 106 Å². The zero-order valence-electron chi connectivity index (χ0n) is 8.42. The molecule has 0 bridgehead atoms. The van der Waals surface area contributed by atoms with Crippen LogP contribution in [0.5, 0.6) is 0 Å². The van der Waals surface area contributed by atoms with Crippen molar-refractivity contribution in [2.45, 2.75) is 16.2 Å². The minimum absolute atomic E-state index is 0.0169. The molecule has 1 atom stereocenters. The number of alkyl halides is 4. The summed E-state index contributed by atoms with van der Waals surface area (Å²) in [6.45, 7) is 0. The van der Waals surface area contributed by atoms with Crippen molar-refractivity contribution < 1.29 is 13.2 Å². The second-order valence-electron chi connectivity index (χ2n) is 3.02. The minimum Gasteiger partial charge on any atom is -0.265 e. The monoisotopic (exact) mass is 333 g/mol. The van der Waals surface area contributed by atoms with E-state index in [9.17, 15) is 22.8 Å². The summed E-state index contributed by atoms with van der Waals surface area (Å²) in [4.78, 5) is 23.4. The number of H-pyrrole nitrogens is 1. The molecule has 1 unspecified atom stereocenters. The van der Waals surface area contributed by atoms with Crippen molar-refractivity contribution in [3.8, 4) is 0 Å². The Kier molecular flexibility index (Phi) is 4.42. The Bertz CT molecular complexity index is 512. The van der Waals surface area contributed by atoms with E-state index in [0.717, 1.165) is 16.4 Å². The number of aromatic amines is 1. The van der Waals surface area contributed by atoms with Crippen molar-refractivity contribution in [1.82, 2.24) is 14.8 Å². The molecule has 1 aromatic heterocycles. The summed E-state index contributed by atoms with van der Waals surface area (Å²) in [5.74, 6) is -0.351. The van der Waals surface area contributed by atoms with E-state index in [-0.39, 0.29) is 10.9 Å². The van der Waals surface area contributed by atoms with E-state index in [4.69, 9.17) is 0 Å². The van der Waals surface area contributed by atoms with Crippen LogP contribution in [-0.2, 0) is 7.05 Å². The maximum atomic E-state index is 12.2. The van der Waals surface area contributed by atoms with Gasteiger partial charge < -0.3 is 0 Å². The van der Waals surface area contributed by atoms with Crippen LogP contribution in [0, 0.1) is 0 Å². The number of nitrogens with one attached hydrogen (secondary N) is 1. The molecule has 0 aromatic carbocycles. The fourth-order valence-corrected chi connectivity index (χ4v) is 2.10. The van der Waals surface area contributed by atoms with Crippen LogP contribution in [0.2, 0.25) is 0 Å². The molecule has 0 radical (unpaired) electrons. The zero-order chi connectivity index (χ0) is 13.2. The second-order valence-corrected chi connectivity index (χ2v) is 5.11. The third-order valence-corrected chi connectivity index (χ3v) is 4.06. The maximum Gasteiger partial charge on any atom is 0.402 e. The van der Waals surface area contributed by atoms with E-state index in [1.54, 1.807) is 0 Å². The largest absolute Gasteiger partial charge is 0.402 e. The van der Waals surface area contributed by atoms with Crippen LogP contribution >= 0.6 is 27.7 Å². The summed E-state index contributed by atoms with van der Waals surface area (Å²) in [6, 6.07) is 0. The van der Waals surface area contributed by atoms with Crippen LogP contribution in [0.3, 0.4) is 0 Å². The maximum absolute atomic E-state index is 12.2. The Hall–Kier alpha value is -0.770. The number of aromatic nitrogens is 3. The van der Waals surface area contributed by atoms with E-state index in [1.165, 1.54) is 7.05 Å². The lowest BCUT2D eigenvalue weighted by Gasteiger charge is -2.13. The number of thioether (sulfide) groups is 1.